The summed E-state index contributed by atoms with van der Waals surface area (Å²) >= 11 is 5.95. The Kier molecular flexibility index (Phi) is 5.15. The van der Waals surface area contributed by atoms with Crippen LogP contribution in [0.25, 0.3) is 0 Å². The van der Waals surface area contributed by atoms with Crippen LogP contribution in [-0.2, 0) is 17.2 Å². The van der Waals surface area contributed by atoms with Crippen molar-refractivity contribution >= 4 is 34.0 Å². The number of rotatable bonds is 5. The van der Waals surface area contributed by atoms with Crippen LogP contribution in [0.5, 0.6) is 0 Å². The maximum absolute atomic E-state index is 12.7. The molecule has 3 fully saturated rings. The predicted octanol–water partition coefficient (Wildman–Crippen LogP) is 3.15. The van der Waals surface area contributed by atoms with Gasteiger partial charge in [-0.3, -0.25) is 4.21 Å². The normalized spacial score (nSPS) is 30.1. The number of aromatic nitrogens is 3. The number of halogens is 1. The first-order valence-corrected chi connectivity index (χ1v) is 13.3. The zero-order valence-corrected chi connectivity index (χ0v) is 19.5. The summed E-state index contributed by atoms with van der Waals surface area (Å²) < 4.78 is 12.7. The molecule has 3 unspecified atom stereocenters. The minimum absolute atomic E-state index is 0.0857. The Labute approximate surface area is 195 Å². The summed E-state index contributed by atoms with van der Waals surface area (Å²) in [6.07, 6.45) is 9.36. The van der Waals surface area contributed by atoms with Gasteiger partial charge in [-0.15, -0.1) is 0 Å². The van der Waals surface area contributed by atoms with E-state index in [9.17, 15) is 9.32 Å². The molecule has 2 saturated carbocycles. The van der Waals surface area contributed by atoms with Gasteiger partial charge in [-0.05, 0) is 62.0 Å². The monoisotopic (exact) mass is 473 g/mol. The lowest BCUT2D eigenvalue weighted by Crippen LogP contribution is -2.48. The van der Waals surface area contributed by atoms with Gasteiger partial charge >= 0.3 is 0 Å². The van der Waals surface area contributed by atoms with Crippen LogP contribution in [0.4, 0.5) is 11.6 Å². The number of nitrogens with zero attached hydrogens (tertiary/aromatic N) is 4. The van der Waals surface area contributed by atoms with Crippen molar-refractivity contribution in [2.75, 3.05) is 35.7 Å². The molecule has 0 spiro atoms. The van der Waals surface area contributed by atoms with Gasteiger partial charge in [0.05, 0.1) is 32.9 Å². The van der Waals surface area contributed by atoms with Crippen LogP contribution in [0.3, 0.4) is 0 Å². The Balaban J connectivity index is 1.22. The molecule has 9 heteroatoms. The highest BCUT2D eigenvalue weighted by Crippen LogP contribution is 2.47. The van der Waals surface area contributed by atoms with Gasteiger partial charge in [0.25, 0.3) is 0 Å². The van der Waals surface area contributed by atoms with Crippen molar-refractivity contribution in [3.63, 3.8) is 0 Å². The van der Waals surface area contributed by atoms with Crippen LogP contribution in [0.2, 0.25) is 5.02 Å². The molecule has 4 heterocycles. The fourth-order valence-electron chi connectivity index (χ4n) is 5.97. The topological polar surface area (TPSA) is 91.2 Å². The number of nitrogens with one attached hydrogen (secondary N) is 1. The maximum atomic E-state index is 12.7. The van der Waals surface area contributed by atoms with Gasteiger partial charge in [-0.25, -0.2) is 15.0 Å². The third-order valence-electron chi connectivity index (χ3n) is 7.90. The molecule has 2 aromatic rings. The van der Waals surface area contributed by atoms with Gasteiger partial charge < -0.3 is 15.3 Å². The van der Waals surface area contributed by atoms with E-state index in [1.807, 2.05) is 0 Å². The second-order valence-corrected chi connectivity index (χ2v) is 11.8. The summed E-state index contributed by atoms with van der Waals surface area (Å²) in [4.78, 5) is 17.1. The summed E-state index contributed by atoms with van der Waals surface area (Å²) in [7, 11) is -1.01. The molecule has 6 rings (SSSR count). The predicted molar refractivity (Wildman–Crippen MR) is 125 cm³/mol. The van der Waals surface area contributed by atoms with Crippen LogP contribution < -0.4 is 10.2 Å². The molecule has 32 heavy (non-hydrogen) atoms. The maximum Gasteiger partial charge on any atom is 0.145 e. The van der Waals surface area contributed by atoms with Gasteiger partial charge in [-0.1, -0.05) is 11.6 Å². The lowest BCUT2D eigenvalue weighted by molar-refractivity contribution is 0.143. The molecule has 7 nitrogen and oxygen atoms in total. The van der Waals surface area contributed by atoms with E-state index in [2.05, 4.69) is 26.3 Å². The molecule has 170 valence electrons. The van der Waals surface area contributed by atoms with E-state index in [-0.39, 0.29) is 12.1 Å². The van der Waals surface area contributed by atoms with Crippen molar-refractivity contribution in [3.05, 3.63) is 34.9 Å². The molecule has 2 N–H and O–H groups in total. The highest BCUT2D eigenvalue weighted by atomic mass is 35.5. The van der Waals surface area contributed by atoms with Crippen LogP contribution in [0.15, 0.2) is 23.4 Å². The molecule has 3 atom stereocenters. The Morgan fingerprint density at radius 3 is 2.56 bits per heavy atom. The third kappa shape index (κ3) is 3.51. The molecule has 0 aromatic carbocycles. The van der Waals surface area contributed by atoms with Gasteiger partial charge in [0.2, 0.25) is 0 Å². The van der Waals surface area contributed by atoms with E-state index in [1.54, 1.807) is 12.4 Å². The quantitative estimate of drug-likeness (QED) is 0.689. The Hall–Kier alpha value is -1.77. The lowest BCUT2D eigenvalue weighted by Gasteiger charge is -2.41. The highest BCUT2D eigenvalue weighted by Gasteiger charge is 2.43. The van der Waals surface area contributed by atoms with Crippen LogP contribution in [0.1, 0.15) is 49.4 Å². The van der Waals surface area contributed by atoms with Crippen LogP contribution in [0, 0.1) is 11.8 Å². The number of pyridine rings is 1. The molecule has 2 aliphatic carbocycles. The number of aliphatic hydroxyl groups is 1. The largest absolute Gasteiger partial charge is 0.394 e. The number of fused-ring (bicyclic) bond motifs is 2. The molecule has 1 saturated heterocycles. The Bertz CT molecular complexity index is 1040. The molecule has 0 radical (unpaired) electrons. The first-order valence-electron chi connectivity index (χ1n) is 11.6. The van der Waals surface area contributed by atoms with E-state index < -0.39 is 10.8 Å². The molecule has 2 aromatic heterocycles. The fourth-order valence-corrected chi connectivity index (χ4v) is 7.44. The molecule has 4 aliphatic rings. The second-order valence-electron chi connectivity index (χ2n) is 9.89. The van der Waals surface area contributed by atoms with E-state index >= 15 is 0 Å². The summed E-state index contributed by atoms with van der Waals surface area (Å²) in [6, 6.07) is 2.15. The van der Waals surface area contributed by atoms with E-state index in [1.165, 1.54) is 0 Å². The smallest absolute Gasteiger partial charge is 0.145 e. The average Bonchev–Trinajstić information content (AvgIpc) is 3.44. The second kappa shape index (κ2) is 7.92. The van der Waals surface area contributed by atoms with Crippen molar-refractivity contribution in [2.24, 2.45) is 11.8 Å². The van der Waals surface area contributed by atoms with Crippen molar-refractivity contribution in [3.8, 4) is 0 Å². The van der Waals surface area contributed by atoms with E-state index in [0.29, 0.717) is 28.5 Å². The van der Waals surface area contributed by atoms with Crippen molar-refractivity contribution < 1.29 is 9.32 Å². The summed E-state index contributed by atoms with van der Waals surface area (Å²) in [5, 5.41) is 14.0. The lowest BCUT2D eigenvalue weighted by atomic mass is 9.77. The fraction of sp³-hybridized carbons (Fsp3) is 0.609. The molecular formula is C23H28ClN5O2S. The van der Waals surface area contributed by atoms with Crippen LogP contribution >= 0.6 is 11.6 Å². The summed E-state index contributed by atoms with van der Waals surface area (Å²) in [6.45, 7) is 2.05. The number of aryl methyl sites for hydroxylation is 1. The minimum atomic E-state index is -1.01. The third-order valence-corrected chi connectivity index (χ3v) is 9.58. The standard InChI is InChI=1S/C23H28ClN5O2S/c24-18-9-25-21(26-10-18)15-6-16-11-29(12-17(16)7-15)19-8-14-2-5-32(31)20(14)22(27-19)28-23(13-30)3-1-4-23/h8-10,15-17,30H,1-7,11-13H2,(H,27,28). The van der Waals surface area contributed by atoms with Gasteiger partial charge in [-0.2, -0.15) is 0 Å². The SMILES string of the molecule is O=S1CCc2cc(N3CC4CC(c5ncc(Cl)cn5)CC4C3)nc(NC3(CO)CCC3)c21. The minimum Gasteiger partial charge on any atom is -0.394 e. The van der Waals surface area contributed by atoms with E-state index in [4.69, 9.17) is 16.6 Å². The van der Waals surface area contributed by atoms with Crippen molar-refractivity contribution in [2.45, 2.75) is 54.9 Å². The zero-order valence-electron chi connectivity index (χ0n) is 18.0. The highest BCUT2D eigenvalue weighted by molar-refractivity contribution is 7.85. The van der Waals surface area contributed by atoms with Crippen LogP contribution in [-0.4, -0.2) is 55.3 Å². The molecular weight excluding hydrogens is 446 g/mol. The molecule has 2 aliphatic heterocycles. The average molecular weight is 474 g/mol. The van der Waals surface area contributed by atoms with Gasteiger partial charge in [0.15, 0.2) is 0 Å². The van der Waals surface area contributed by atoms with Crippen molar-refractivity contribution in [1.29, 1.82) is 0 Å². The molecule has 0 bridgehead atoms. The first-order chi connectivity index (χ1) is 15.5. The Morgan fingerprint density at radius 2 is 1.94 bits per heavy atom. The first kappa shape index (κ1) is 20.8. The van der Waals surface area contributed by atoms with Crippen molar-refractivity contribution in [1.82, 2.24) is 15.0 Å². The van der Waals surface area contributed by atoms with E-state index in [0.717, 1.165) is 79.5 Å². The number of hydrogen-bond acceptors (Lipinski definition) is 7. The molecule has 0 amide bonds. The number of hydrogen-bond donors (Lipinski definition) is 2. The van der Waals surface area contributed by atoms with Gasteiger partial charge in [0, 0.05) is 37.2 Å². The number of anilines is 2. The zero-order chi connectivity index (χ0) is 21.9. The summed E-state index contributed by atoms with van der Waals surface area (Å²) in [5.41, 5.74) is 0.840. The van der Waals surface area contributed by atoms with Gasteiger partial charge in [0.1, 0.15) is 17.5 Å². The Morgan fingerprint density at radius 1 is 1.22 bits per heavy atom. The number of aliphatic hydroxyl groups excluding tert-OH is 1. The summed E-state index contributed by atoms with van der Waals surface area (Å²) in [5.74, 6) is 4.90.